The van der Waals surface area contributed by atoms with E-state index in [0.717, 1.165) is 6.92 Å². The number of nitrogens with two attached hydrogens (primary N) is 2. The molecule has 652 valence electrons. The maximum atomic E-state index is 14.9. The van der Waals surface area contributed by atoms with E-state index in [0.29, 0.717) is 62.9 Å². The van der Waals surface area contributed by atoms with E-state index in [1.54, 1.807) is 50.4 Å². The summed E-state index contributed by atoms with van der Waals surface area (Å²) in [5.74, 6) is -16.1. The molecule has 0 heterocycles. The van der Waals surface area contributed by atoms with E-state index in [4.69, 9.17) is 11.5 Å². The summed E-state index contributed by atoms with van der Waals surface area (Å²) in [6, 6.07) is -7.10. The molecule has 0 aliphatic carbocycles. The predicted molar refractivity (Wildman–Crippen MR) is 421 cm³/mol. The van der Waals surface area contributed by atoms with E-state index in [1.807, 2.05) is 0 Å². The third kappa shape index (κ3) is 39.3. The SMILES string of the molecule is CC[C@H](C)[C@H](NC(=O)[C@H](CO)NC(=O)[C@H](CCCCNC(C)=O)NC(=O)[C@H](Cc1ccccc1)NC(=O)[C@@H](NC(=O)[C@H](CCC(=O)O)NC(=O)[C@H](Cc1ccc(O)cc1)NC(=O)[C@@H](NC(=O)[C@@H]([NH3+])CCCNC(N)N)[C@@H](C)O)[C@@H](C)O)C(=O)N[C@@H](CCSC)C(=O)N[C@@H](CCCC[NH3+])C(=O)N[C@@H](CCCC[NH3+])C(=O)N[C@@H](CO)C(=O)O. The Hall–Kier alpha value is -9.76. The number of aliphatic hydroxyl groups is 4. The highest BCUT2D eigenvalue weighted by Crippen LogP contribution is 2.17. The molecule has 42 heteroatoms. The molecule has 16 atom stereocenters. The number of amides is 13. The van der Waals surface area contributed by atoms with Crippen molar-refractivity contribution in [3.8, 4) is 5.75 Å². The predicted octanol–water partition coefficient (Wildman–Crippen LogP) is -9.20. The molecule has 41 nitrogen and oxygen atoms in total. The summed E-state index contributed by atoms with van der Waals surface area (Å²) in [6.07, 6.45) is -1.86. The first kappa shape index (κ1) is 102. The molecule has 2 aromatic carbocycles. The zero-order chi connectivity index (χ0) is 87.1. The maximum absolute atomic E-state index is 14.9. The molecule has 2 aromatic rings. The Kier molecular flexibility index (Phi) is 49.2. The number of carboxylic acids is 2. The molecule has 0 aliphatic rings. The van der Waals surface area contributed by atoms with Gasteiger partial charge in [-0.3, -0.25) is 72.4 Å². The molecular weight excluding hydrogens is 1540 g/mol. The molecule has 0 bridgehead atoms. The Morgan fingerprint density at radius 2 is 0.819 bits per heavy atom. The highest BCUT2D eigenvalue weighted by Gasteiger charge is 2.40. The Morgan fingerprint density at radius 1 is 0.440 bits per heavy atom. The van der Waals surface area contributed by atoms with Crippen molar-refractivity contribution in [2.45, 2.75) is 241 Å². The first-order chi connectivity index (χ1) is 54.9. The third-order valence-corrected chi connectivity index (χ3v) is 19.3. The van der Waals surface area contributed by atoms with E-state index >= 15 is 0 Å². The van der Waals surface area contributed by atoms with Gasteiger partial charge in [-0.2, -0.15) is 11.8 Å². The highest BCUT2D eigenvalue weighted by molar-refractivity contribution is 7.98. The zero-order valence-corrected chi connectivity index (χ0v) is 67.7. The number of rotatable bonds is 59. The average molecular weight is 1670 g/mol. The van der Waals surface area contributed by atoms with E-state index in [-0.39, 0.29) is 88.2 Å². The minimum atomic E-state index is -2.01. The number of phenolic OH excluding ortho intramolecular Hbond substituents is 1. The number of hydrogen-bond acceptors (Lipinski definition) is 24. The van der Waals surface area contributed by atoms with Gasteiger partial charge in [0.05, 0.1) is 38.5 Å². The summed E-state index contributed by atoms with van der Waals surface area (Å²) < 4.78 is 0. The quantitative estimate of drug-likeness (QED) is 0.0216. The normalized spacial score (nSPS) is 15.4. The van der Waals surface area contributed by atoms with Crippen LogP contribution in [0.25, 0.3) is 0 Å². The number of hydrogen-bond donors (Lipinski definition) is 26. The first-order valence-corrected chi connectivity index (χ1v) is 40.2. The Bertz CT molecular complexity index is 3460. The van der Waals surface area contributed by atoms with Gasteiger partial charge in [0.2, 0.25) is 70.9 Å². The van der Waals surface area contributed by atoms with E-state index in [9.17, 15) is 108 Å². The minimum Gasteiger partial charge on any atom is -0.508 e. The molecule has 0 aliphatic heterocycles. The van der Waals surface area contributed by atoms with Crippen LogP contribution in [-0.2, 0) is 84.8 Å². The molecular formula is C74H126N19O22S+3. The van der Waals surface area contributed by atoms with E-state index in [1.165, 1.54) is 49.9 Å². The van der Waals surface area contributed by atoms with Gasteiger partial charge in [-0.25, -0.2) is 4.79 Å². The lowest BCUT2D eigenvalue weighted by atomic mass is 9.97. The molecule has 13 amide bonds. The molecule has 0 saturated heterocycles. The van der Waals surface area contributed by atoms with Crippen molar-refractivity contribution in [2.24, 2.45) is 17.4 Å². The first-order valence-electron chi connectivity index (χ1n) is 38.8. The lowest BCUT2D eigenvalue weighted by Gasteiger charge is -2.30. The van der Waals surface area contributed by atoms with Gasteiger partial charge >= 0.3 is 11.9 Å². The summed E-state index contributed by atoms with van der Waals surface area (Å²) >= 11 is 1.32. The van der Waals surface area contributed by atoms with Crippen molar-refractivity contribution in [3.05, 3.63) is 65.7 Å². The van der Waals surface area contributed by atoms with Crippen LogP contribution in [0.4, 0.5) is 0 Å². The van der Waals surface area contributed by atoms with Gasteiger partial charge < -0.3 is 134 Å². The number of quaternary nitrogens is 3. The Morgan fingerprint density at radius 3 is 1.24 bits per heavy atom. The molecule has 0 saturated carbocycles. The number of carbonyl (C=O) groups is 15. The number of aliphatic hydroxyl groups excluding tert-OH is 4. The van der Waals surface area contributed by atoms with Crippen molar-refractivity contribution in [3.63, 3.8) is 0 Å². The number of aliphatic carboxylic acids is 2. The second-order valence-electron chi connectivity index (χ2n) is 28.4. The van der Waals surface area contributed by atoms with Gasteiger partial charge in [-0.05, 0) is 139 Å². The van der Waals surface area contributed by atoms with Crippen molar-refractivity contribution in [1.82, 2.24) is 74.4 Å². The van der Waals surface area contributed by atoms with Crippen LogP contribution in [-0.4, -0.2) is 273 Å². The smallest absolute Gasteiger partial charge is 0.328 e. The molecule has 34 N–H and O–H groups in total. The van der Waals surface area contributed by atoms with Crippen molar-refractivity contribution >= 4 is 100 Å². The molecule has 0 aromatic heterocycles. The van der Waals surface area contributed by atoms with Crippen LogP contribution in [0.15, 0.2) is 54.6 Å². The summed E-state index contributed by atoms with van der Waals surface area (Å²) in [5.41, 5.74) is 23.2. The van der Waals surface area contributed by atoms with E-state index < -0.39 is 212 Å². The molecule has 116 heavy (non-hydrogen) atoms. The van der Waals surface area contributed by atoms with Crippen LogP contribution in [0.2, 0.25) is 0 Å². The van der Waals surface area contributed by atoms with Gasteiger partial charge in [0.1, 0.15) is 84.5 Å². The third-order valence-electron chi connectivity index (χ3n) is 18.6. The number of benzene rings is 2. The van der Waals surface area contributed by atoms with Gasteiger partial charge in [0.15, 0.2) is 6.04 Å². The number of nitrogens with one attached hydrogen (secondary N) is 14. The fourth-order valence-corrected chi connectivity index (χ4v) is 12.1. The molecule has 0 spiro atoms. The lowest BCUT2D eigenvalue weighted by molar-refractivity contribution is -0.405. The van der Waals surface area contributed by atoms with Crippen LogP contribution in [0.1, 0.15) is 142 Å². The second kappa shape index (κ2) is 55.7. The fraction of sp³-hybridized carbons (Fsp3) is 0.635. The number of aromatic hydroxyl groups is 1. The monoisotopic (exact) mass is 1660 g/mol. The Labute approximate surface area is 678 Å². The molecule has 0 unspecified atom stereocenters. The standard InChI is InChI=1S/C74H123N19O22S/c1-7-40(2)58(70(111)86-52(30-35-116-6)65(106)83-48(21-11-14-31-75)62(103)82-49(22-12-15-32-76)64(105)90-56(39-95)73(114)115)91-69(110)55(38-94)89-63(104)50(23-13-16-33-80-43(5)98)84-67(108)53(36-44-18-9-8-10-19-44)87-72(113)60(42(4)97)93-66(107)51(28-29-57(100)101)85-68(109)54(37-45-24-26-46(99)27-25-45)88-71(112)59(41(3)96)92-61(102)47(77)20-17-34-81-74(78)79/h8-10,18-19,24-27,40-42,47-56,58-60,74,81,94-97,99H,7,11-17,20-23,28-39,75-79H2,1-6H3,(H,80,98)(H,82,103)(H,83,106)(H,84,108)(H,85,109)(H,86,111)(H,87,113)(H,88,112)(H,89,104)(H,90,105)(H,91,110)(H,92,102)(H,93,107)(H,100,101)(H,114,115)/p+3/t40-,41+,42+,47-,48-,49-,50-,51-,52-,53-,54-,55-,56-,58-,59-,60-/m0/s1. The number of phenols is 1. The van der Waals surface area contributed by atoms with Crippen LogP contribution >= 0.6 is 11.8 Å². The van der Waals surface area contributed by atoms with Crippen molar-refractivity contribution < 1.29 is 125 Å². The number of thioether (sulfide) groups is 1. The zero-order valence-electron chi connectivity index (χ0n) is 66.9. The minimum absolute atomic E-state index is 0.0118. The van der Waals surface area contributed by atoms with Gasteiger partial charge in [-0.15, -0.1) is 0 Å². The van der Waals surface area contributed by atoms with Gasteiger partial charge in [0.25, 0.3) is 5.91 Å². The van der Waals surface area contributed by atoms with Crippen LogP contribution < -0.4 is 103 Å². The number of unbranched alkanes of at least 4 members (excludes halogenated alkanes) is 3. The highest BCUT2D eigenvalue weighted by atomic mass is 32.2. The molecule has 0 radical (unpaired) electrons. The molecule has 0 fully saturated rings. The Balaban J connectivity index is 2.60. The lowest BCUT2D eigenvalue weighted by Crippen LogP contribution is -2.70. The number of carboxylic acid groups (broad SMARTS) is 2. The average Bonchev–Trinajstić information content (AvgIpc) is 0.846. The molecule has 2 rings (SSSR count). The second-order valence-corrected chi connectivity index (χ2v) is 29.3. The summed E-state index contributed by atoms with van der Waals surface area (Å²) in [7, 11) is 0. The van der Waals surface area contributed by atoms with E-state index in [2.05, 4.69) is 91.6 Å². The van der Waals surface area contributed by atoms with Gasteiger partial charge in [0, 0.05) is 39.2 Å². The van der Waals surface area contributed by atoms with Crippen LogP contribution in [0.5, 0.6) is 5.75 Å². The number of carbonyl (C=O) groups excluding carboxylic acids is 13. The summed E-state index contributed by atoms with van der Waals surface area (Å²) in [6.45, 7) is 6.18. The van der Waals surface area contributed by atoms with Crippen molar-refractivity contribution in [1.29, 1.82) is 0 Å². The van der Waals surface area contributed by atoms with Crippen molar-refractivity contribution in [2.75, 3.05) is 51.4 Å². The summed E-state index contributed by atoms with van der Waals surface area (Å²) in [4.78, 5) is 207. The fourth-order valence-electron chi connectivity index (χ4n) is 11.6. The largest absolute Gasteiger partial charge is 0.508 e. The maximum Gasteiger partial charge on any atom is 0.328 e. The van der Waals surface area contributed by atoms with Crippen LogP contribution in [0, 0.1) is 5.92 Å². The van der Waals surface area contributed by atoms with Gasteiger partial charge in [-0.1, -0.05) is 62.7 Å². The van der Waals surface area contributed by atoms with Crippen LogP contribution in [0.3, 0.4) is 0 Å². The topological polar surface area (TPSA) is 701 Å². The summed E-state index contributed by atoms with van der Waals surface area (Å²) in [5, 5.41) is 107.